The fourth-order valence-corrected chi connectivity index (χ4v) is 1.23. The number of halogens is 1. The van der Waals surface area contributed by atoms with Crippen LogP contribution in [0.5, 0.6) is 0 Å². The number of furan rings is 1. The van der Waals surface area contributed by atoms with E-state index in [2.05, 4.69) is 20.8 Å². The lowest BCUT2D eigenvalue weighted by molar-refractivity contribution is 0.325. The predicted molar refractivity (Wildman–Crippen MR) is 50.1 cm³/mol. The second-order valence-electron chi connectivity index (χ2n) is 3.99. The molecule has 0 aromatic carbocycles. The van der Waals surface area contributed by atoms with E-state index in [1.807, 2.05) is 6.07 Å². The van der Waals surface area contributed by atoms with Gasteiger partial charge in [-0.05, 0) is 23.1 Å². The van der Waals surface area contributed by atoms with Crippen LogP contribution in [0.15, 0.2) is 16.7 Å². The summed E-state index contributed by atoms with van der Waals surface area (Å²) in [6.07, 6.45) is 1.56. The van der Waals surface area contributed by atoms with Crippen molar-refractivity contribution in [3.8, 4) is 0 Å². The van der Waals surface area contributed by atoms with Crippen molar-refractivity contribution in [2.24, 2.45) is 11.1 Å². The van der Waals surface area contributed by atoms with Crippen molar-refractivity contribution in [1.82, 2.24) is 0 Å². The molecule has 1 atom stereocenters. The molecule has 1 heterocycles. The lowest BCUT2D eigenvalue weighted by atomic mass is 9.84. The Morgan fingerprint density at radius 2 is 2.08 bits per heavy atom. The molecule has 0 amide bonds. The highest BCUT2D eigenvalue weighted by Gasteiger charge is 2.25. The van der Waals surface area contributed by atoms with Gasteiger partial charge in [0, 0.05) is 11.6 Å². The average molecular weight is 188 g/mol. The molecule has 1 rings (SSSR count). The van der Waals surface area contributed by atoms with Gasteiger partial charge in [0.05, 0.1) is 6.26 Å². The Morgan fingerprint density at radius 1 is 1.50 bits per heavy atom. The Hall–Kier alpha value is -0.470. The zero-order chi connectivity index (χ0) is 9.35. The predicted octanol–water partition coefficient (Wildman–Crippen LogP) is 2.98. The molecule has 2 nitrogen and oxygen atoms in total. The van der Waals surface area contributed by atoms with Crippen molar-refractivity contribution in [3.05, 3.63) is 23.1 Å². The number of nitrogens with two attached hydrogens (primary N) is 1. The van der Waals surface area contributed by atoms with Crippen molar-refractivity contribution >= 4 is 11.6 Å². The first kappa shape index (κ1) is 9.62. The third-order valence-electron chi connectivity index (χ3n) is 1.91. The monoisotopic (exact) mass is 187 g/mol. The van der Waals surface area contributed by atoms with Crippen LogP contribution in [0, 0.1) is 5.41 Å². The lowest BCUT2D eigenvalue weighted by Crippen LogP contribution is -2.25. The van der Waals surface area contributed by atoms with Crippen molar-refractivity contribution in [2.45, 2.75) is 26.8 Å². The van der Waals surface area contributed by atoms with Crippen LogP contribution in [0.1, 0.15) is 32.4 Å². The molecule has 0 spiro atoms. The second kappa shape index (κ2) is 3.11. The summed E-state index contributed by atoms with van der Waals surface area (Å²) in [4.78, 5) is 0. The van der Waals surface area contributed by atoms with Gasteiger partial charge >= 0.3 is 0 Å². The first-order valence-corrected chi connectivity index (χ1v) is 4.29. The maximum atomic E-state index is 5.97. The van der Waals surface area contributed by atoms with Gasteiger partial charge in [-0.2, -0.15) is 0 Å². The highest BCUT2D eigenvalue weighted by atomic mass is 35.5. The summed E-state index contributed by atoms with van der Waals surface area (Å²) >= 11 is 5.79. The minimum Gasteiger partial charge on any atom is -0.453 e. The van der Waals surface area contributed by atoms with E-state index >= 15 is 0 Å². The zero-order valence-electron chi connectivity index (χ0n) is 7.60. The Bertz CT molecular complexity index is 262. The Kier molecular flexibility index (Phi) is 2.49. The number of hydrogen-bond acceptors (Lipinski definition) is 2. The molecule has 0 radical (unpaired) electrons. The van der Waals surface area contributed by atoms with E-state index in [0.29, 0.717) is 5.22 Å². The molecule has 0 aliphatic carbocycles. The molecule has 1 aromatic heterocycles. The minimum atomic E-state index is -0.0799. The van der Waals surface area contributed by atoms with Crippen LogP contribution >= 0.6 is 11.6 Å². The summed E-state index contributed by atoms with van der Waals surface area (Å²) in [6.45, 7) is 6.21. The normalized spacial score (nSPS) is 14.8. The highest BCUT2D eigenvalue weighted by molar-refractivity contribution is 6.29. The highest BCUT2D eigenvalue weighted by Crippen LogP contribution is 2.34. The molecule has 3 heteroatoms. The molecule has 0 saturated heterocycles. The molecule has 2 N–H and O–H groups in total. The van der Waals surface area contributed by atoms with Crippen LogP contribution in [0.25, 0.3) is 0 Å². The summed E-state index contributed by atoms with van der Waals surface area (Å²) in [6, 6.07) is 1.74. The van der Waals surface area contributed by atoms with E-state index in [-0.39, 0.29) is 11.5 Å². The van der Waals surface area contributed by atoms with Crippen LogP contribution in [-0.2, 0) is 0 Å². The van der Waals surface area contributed by atoms with E-state index in [1.54, 1.807) is 6.26 Å². The molecule has 0 fully saturated rings. The average Bonchev–Trinajstić information content (AvgIpc) is 2.31. The SMILES string of the molecule is CC(C)(C)C(N)c1ccoc1Cl. The number of hydrogen-bond donors (Lipinski definition) is 1. The van der Waals surface area contributed by atoms with Crippen molar-refractivity contribution in [2.75, 3.05) is 0 Å². The Balaban J connectivity index is 2.92. The van der Waals surface area contributed by atoms with Gasteiger partial charge in [0.25, 0.3) is 0 Å². The molecule has 0 aliphatic heterocycles. The van der Waals surface area contributed by atoms with Crippen LogP contribution in [0.4, 0.5) is 0 Å². The lowest BCUT2D eigenvalue weighted by Gasteiger charge is -2.26. The van der Waals surface area contributed by atoms with Crippen LogP contribution < -0.4 is 5.73 Å². The standard InChI is InChI=1S/C9H14ClNO/c1-9(2,3)7(11)6-4-5-12-8(6)10/h4-5,7H,11H2,1-3H3. The minimum absolute atomic E-state index is 0.00745. The summed E-state index contributed by atoms with van der Waals surface area (Å²) in [5.74, 6) is 0. The van der Waals surface area contributed by atoms with E-state index in [4.69, 9.17) is 21.8 Å². The summed E-state index contributed by atoms with van der Waals surface area (Å²) < 4.78 is 4.97. The Morgan fingerprint density at radius 3 is 2.42 bits per heavy atom. The van der Waals surface area contributed by atoms with Crippen molar-refractivity contribution < 1.29 is 4.42 Å². The topological polar surface area (TPSA) is 39.2 Å². The first-order valence-electron chi connectivity index (χ1n) is 3.91. The fourth-order valence-electron chi connectivity index (χ4n) is 0.993. The van der Waals surface area contributed by atoms with Gasteiger partial charge in [-0.25, -0.2) is 0 Å². The fraction of sp³-hybridized carbons (Fsp3) is 0.556. The van der Waals surface area contributed by atoms with Crippen molar-refractivity contribution in [3.63, 3.8) is 0 Å². The molecule has 12 heavy (non-hydrogen) atoms. The molecule has 1 unspecified atom stereocenters. The van der Waals surface area contributed by atoms with Gasteiger partial charge in [-0.1, -0.05) is 20.8 Å². The van der Waals surface area contributed by atoms with E-state index in [0.717, 1.165) is 5.56 Å². The molecule has 0 saturated carbocycles. The van der Waals surface area contributed by atoms with Crippen molar-refractivity contribution in [1.29, 1.82) is 0 Å². The number of rotatable bonds is 1. The van der Waals surface area contributed by atoms with Gasteiger partial charge in [0.1, 0.15) is 0 Å². The van der Waals surface area contributed by atoms with Gasteiger partial charge in [0.2, 0.25) is 0 Å². The van der Waals surface area contributed by atoms with Gasteiger partial charge < -0.3 is 10.2 Å². The zero-order valence-corrected chi connectivity index (χ0v) is 8.35. The molecule has 0 aliphatic rings. The molecule has 1 aromatic rings. The van der Waals surface area contributed by atoms with Gasteiger partial charge in [0.15, 0.2) is 5.22 Å². The smallest absolute Gasteiger partial charge is 0.197 e. The Labute approximate surface area is 77.7 Å². The third-order valence-corrected chi connectivity index (χ3v) is 2.22. The second-order valence-corrected chi connectivity index (χ2v) is 4.34. The first-order chi connectivity index (χ1) is 5.43. The van der Waals surface area contributed by atoms with Crippen LogP contribution in [0.2, 0.25) is 5.22 Å². The third kappa shape index (κ3) is 1.82. The van der Waals surface area contributed by atoms with Crippen LogP contribution in [0.3, 0.4) is 0 Å². The molecule has 0 bridgehead atoms. The van der Waals surface area contributed by atoms with Gasteiger partial charge in [-0.15, -0.1) is 0 Å². The molecular weight excluding hydrogens is 174 g/mol. The van der Waals surface area contributed by atoms with E-state index < -0.39 is 0 Å². The maximum absolute atomic E-state index is 5.97. The maximum Gasteiger partial charge on any atom is 0.197 e. The largest absolute Gasteiger partial charge is 0.453 e. The summed E-state index contributed by atoms with van der Waals surface area (Å²) in [7, 11) is 0. The van der Waals surface area contributed by atoms with E-state index in [9.17, 15) is 0 Å². The quantitative estimate of drug-likeness (QED) is 0.734. The van der Waals surface area contributed by atoms with Crippen LogP contribution in [-0.4, -0.2) is 0 Å². The van der Waals surface area contributed by atoms with E-state index in [1.165, 1.54) is 0 Å². The molecular formula is C9H14ClNO. The summed E-state index contributed by atoms with van der Waals surface area (Å²) in [5.41, 5.74) is 6.86. The molecule has 68 valence electrons. The summed E-state index contributed by atoms with van der Waals surface area (Å²) in [5, 5.41) is 0.400. The van der Waals surface area contributed by atoms with Gasteiger partial charge in [-0.3, -0.25) is 0 Å².